The molecule has 8 nitrogen and oxygen atoms in total. The molecular formula is C27H22FN5O3. The van der Waals surface area contributed by atoms with E-state index in [1.807, 2.05) is 0 Å². The highest BCUT2D eigenvalue weighted by atomic mass is 19.1. The zero-order valence-corrected chi connectivity index (χ0v) is 19.5. The Morgan fingerprint density at radius 3 is 2.44 bits per heavy atom. The quantitative estimate of drug-likeness (QED) is 0.330. The van der Waals surface area contributed by atoms with Crippen molar-refractivity contribution < 1.29 is 19.1 Å². The Labute approximate surface area is 206 Å². The van der Waals surface area contributed by atoms with Crippen molar-refractivity contribution in [2.24, 2.45) is 0 Å². The van der Waals surface area contributed by atoms with E-state index < -0.39 is 17.8 Å². The number of amides is 2. The number of carbonyl (C=O) groups is 2. The number of aryl methyl sites for hydroxylation is 1. The summed E-state index contributed by atoms with van der Waals surface area (Å²) in [5, 5.41) is 20.4. The number of aromatic nitrogens is 2. The third kappa shape index (κ3) is 5.29. The first-order chi connectivity index (χ1) is 17.2. The highest BCUT2D eigenvalue weighted by Crippen LogP contribution is 2.28. The molecule has 9 heteroatoms. The molecule has 0 aliphatic heterocycles. The van der Waals surface area contributed by atoms with Crippen LogP contribution in [-0.2, 0) is 4.79 Å². The molecule has 36 heavy (non-hydrogen) atoms. The number of benzene rings is 3. The molecule has 0 fully saturated rings. The molecule has 0 spiro atoms. The molecule has 0 aliphatic carbocycles. The van der Waals surface area contributed by atoms with E-state index in [1.165, 1.54) is 29.8 Å². The fraction of sp³-hybridized carbons (Fsp3) is 0.111. The number of hydrogen-bond donors (Lipinski definition) is 3. The standard InChI is InChI=1S/C27H22FN5O3/c1-16-13-25(33(32-16)22-6-4-5-21(15-22)29-3)27(36)31-24-14-19(9-12-23(24)28)26(35)18-7-10-20(11-8-18)30-17(2)34/h4-15,26,35H,1-2H3,(H,30,34)(H,31,36). The molecule has 0 bridgehead atoms. The van der Waals surface area contributed by atoms with E-state index in [0.717, 1.165) is 0 Å². The van der Waals surface area contributed by atoms with Gasteiger partial charge in [0.15, 0.2) is 5.69 Å². The fourth-order valence-electron chi connectivity index (χ4n) is 3.69. The van der Waals surface area contributed by atoms with Gasteiger partial charge in [-0.05, 0) is 60.5 Å². The summed E-state index contributed by atoms with van der Waals surface area (Å²) in [7, 11) is 0. The molecule has 1 aromatic heterocycles. The SMILES string of the molecule is [C-]#[N+]c1cccc(-n2nc(C)cc2C(=O)Nc2cc(C(O)c3ccc(NC(C)=O)cc3)ccc2F)c1. The summed E-state index contributed by atoms with van der Waals surface area (Å²) in [6.07, 6.45) is -1.09. The van der Waals surface area contributed by atoms with Crippen LogP contribution in [0.2, 0.25) is 0 Å². The normalized spacial score (nSPS) is 11.4. The van der Waals surface area contributed by atoms with Crippen LogP contribution < -0.4 is 10.6 Å². The Bertz CT molecular complexity index is 1490. The van der Waals surface area contributed by atoms with E-state index in [-0.39, 0.29) is 17.3 Å². The second-order valence-electron chi connectivity index (χ2n) is 8.11. The lowest BCUT2D eigenvalue weighted by atomic mass is 10.0. The molecular weight excluding hydrogens is 461 g/mol. The number of carbonyl (C=O) groups excluding carboxylic acids is 2. The lowest BCUT2D eigenvalue weighted by molar-refractivity contribution is -0.114. The summed E-state index contributed by atoms with van der Waals surface area (Å²) in [6.45, 7) is 10.3. The lowest BCUT2D eigenvalue weighted by Crippen LogP contribution is -2.18. The first-order valence-corrected chi connectivity index (χ1v) is 11.0. The molecule has 4 rings (SSSR count). The van der Waals surface area contributed by atoms with E-state index in [9.17, 15) is 19.1 Å². The van der Waals surface area contributed by atoms with Gasteiger partial charge in [-0.15, -0.1) is 0 Å². The van der Waals surface area contributed by atoms with Gasteiger partial charge in [-0.25, -0.2) is 13.9 Å². The number of nitrogens with zero attached hydrogens (tertiary/aromatic N) is 3. The molecule has 3 N–H and O–H groups in total. The van der Waals surface area contributed by atoms with Gasteiger partial charge in [-0.1, -0.05) is 30.3 Å². The summed E-state index contributed by atoms with van der Waals surface area (Å²) in [5.41, 5.74) is 3.02. The fourth-order valence-corrected chi connectivity index (χ4v) is 3.69. The molecule has 2 amide bonds. The van der Waals surface area contributed by atoms with E-state index in [1.54, 1.807) is 61.5 Å². The zero-order valence-electron chi connectivity index (χ0n) is 19.5. The molecule has 1 heterocycles. The Kier molecular flexibility index (Phi) is 6.90. The lowest BCUT2D eigenvalue weighted by Gasteiger charge is -2.15. The van der Waals surface area contributed by atoms with Crippen molar-refractivity contribution in [2.45, 2.75) is 20.0 Å². The minimum absolute atomic E-state index is 0.105. The number of anilines is 2. The van der Waals surface area contributed by atoms with Crippen molar-refractivity contribution in [1.82, 2.24) is 9.78 Å². The molecule has 3 aromatic carbocycles. The Morgan fingerprint density at radius 2 is 1.75 bits per heavy atom. The minimum Gasteiger partial charge on any atom is -0.384 e. The Balaban J connectivity index is 1.59. The average molecular weight is 484 g/mol. The van der Waals surface area contributed by atoms with Gasteiger partial charge in [-0.2, -0.15) is 5.10 Å². The predicted octanol–water partition coefficient (Wildman–Crippen LogP) is 5.16. The topological polar surface area (TPSA) is 101 Å². The third-order valence-electron chi connectivity index (χ3n) is 5.37. The average Bonchev–Trinajstić information content (AvgIpc) is 3.27. The van der Waals surface area contributed by atoms with Gasteiger partial charge in [-0.3, -0.25) is 9.59 Å². The number of nitrogens with one attached hydrogen (secondary N) is 2. The van der Waals surface area contributed by atoms with Crippen molar-refractivity contribution >= 4 is 28.9 Å². The van der Waals surface area contributed by atoms with Crippen LogP contribution in [0.4, 0.5) is 21.5 Å². The number of halogens is 1. The monoisotopic (exact) mass is 483 g/mol. The number of rotatable bonds is 6. The number of hydrogen-bond acceptors (Lipinski definition) is 4. The third-order valence-corrected chi connectivity index (χ3v) is 5.37. The first kappa shape index (κ1) is 24.3. The van der Waals surface area contributed by atoms with Gasteiger partial charge in [0.05, 0.1) is 23.6 Å². The van der Waals surface area contributed by atoms with Crippen LogP contribution in [0.3, 0.4) is 0 Å². The maximum absolute atomic E-state index is 14.6. The smallest absolute Gasteiger partial charge is 0.274 e. The Morgan fingerprint density at radius 1 is 1.03 bits per heavy atom. The summed E-state index contributed by atoms with van der Waals surface area (Å²) < 4.78 is 16.0. The molecule has 1 atom stereocenters. The van der Waals surface area contributed by atoms with E-state index >= 15 is 0 Å². The van der Waals surface area contributed by atoms with E-state index in [2.05, 4.69) is 20.6 Å². The minimum atomic E-state index is -1.09. The van der Waals surface area contributed by atoms with Crippen molar-refractivity contribution in [3.05, 3.63) is 113 Å². The van der Waals surface area contributed by atoms with Crippen LogP contribution >= 0.6 is 0 Å². The summed E-state index contributed by atoms with van der Waals surface area (Å²) in [4.78, 5) is 27.7. The second kappa shape index (κ2) is 10.2. The number of aliphatic hydroxyl groups excluding tert-OH is 1. The highest BCUT2D eigenvalue weighted by molar-refractivity contribution is 6.03. The molecule has 0 aliphatic rings. The maximum Gasteiger partial charge on any atom is 0.274 e. The van der Waals surface area contributed by atoms with Crippen molar-refractivity contribution in [3.63, 3.8) is 0 Å². The van der Waals surface area contributed by atoms with Crippen molar-refractivity contribution in [2.75, 3.05) is 10.6 Å². The van der Waals surface area contributed by atoms with Crippen LogP contribution in [-0.4, -0.2) is 26.7 Å². The maximum atomic E-state index is 14.6. The Hall–Kier alpha value is -4.81. The summed E-state index contributed by atoms with van der Waals surface area (Å²) in [6, 6.07) is 18.8. The van der Waals surface area contributed by atoms with Crippen molar-refractivity contribution in [3.8, 4) is 5.69 Å². The second-order valence-corrected chi connectivity index (χ2v) is 8.11. The predicted molar refractivity (Wildman–Crippen MR) is 134 cm³/mol. The molecule has 4 aromatic rings. The molecule has 0 radical (unpaired) electrons. The summed E-state index contributed by atoms with van der Waals surface area (Å²) in [5.74, 6) is -1.48. The van der Waals surface area contributed by atoms with Gasteiger partial charge in [0.1, 0.15) is 17.6 Å². The molecule has 180 valence electrons. The van der Waals surface area contributed by atoms with Crippen LogP contribution in [0, 0.1) is 19.3 Å². The summed E-state index contributed by atoms with van der Waals surface area (Å²) >= 11 is 0. The van der Waals surface area contributed by atoms with Gasteiger partial charge in [0.25, 0.3) is 5.91 Å². The zero-order chi connectivity index (χ0) is 25.8. The van der Waals surface area contributed by atoms with Gasteiger partial charge >= 0.3 is 0 Å². The van der Waals surface area contributed by atoms with Gasteiger partial charge < -0.3 is 15.7 Å². The molecule has 0 saturated heterocycles. The van der Waals surface area contributed by atoms with Gasteiger partial charge in [0.2, 0.25) is 5.91 Å². The van der Waals surface area contributed by atoms with Crippen LogP contribution in [0.25, 0.3) is 10.5 Å². The molecule has 0 saturated carbocycles. The van der Waals surface area contributed by atoms with Crippen molar-refractivity contribution in [1.29, 1.82) is 0 Å². The van der Waals surface area contributed by atoms with Gasteiger partial charge in [0, 0.05) is 12.6 Å². The first-order valence-electron chi connectivity index (χ1n) is 11.0. The van der Waals surface area contributed by atoms with Crippen LogP contribution in [0.5, 0.6) is 0 Å². The molecule has 1 unspecified atom stereocenters. The van der Waals surface area contributed by atoms with Crippen LogP contribution in [0.15, 0.2) is 72.8 Å². The van der Waals surface area contributed by atoms with E-state index in [4.69, 9.17) is 6.57 Å². The largest absolute Gasteiger partial charge is 0.384 e. The van der Waals surface area contributed by atoms with Crippen LogP contribution in [0.1, 0.15) is 40.3 Å². The highest BCUT2D eigenvalue weighted by Gasteiger charge is 2.19. The number of aliphatic hydroxyl groups is 1. The van der Waals surface area contributed by atoms with E-state index in [0.29, 0.717) is 33.9 Å².